The smallest absolute Gasteiger partial charge is 0.257 e. The molecule has 0 aromatic heterocycles. The fraction of sp³-hybridized carbons (Fsp3) is 0.259. The molecular weight excluding hydrogens is 444 g/mol. The van der Waals surface area contributed by atoms with Crippen molar-refractivity contribution in [2.45, 2.75) is 6.54 Å². The van der Waals surface area contributed by atoms with Crippen molar-refractivity contribution in [3.63, 3.8) is 0 Å². The summed E-state index contributed by atoms with van der Waals surface area (Å²) in [7, 11) is 0. The molecular formula is C27H28N4O4. The molecule has 1 fully saturated rings. The number of amides is 2. The summed E-state index contributed by atoms with van der Waals surface area (Å²) in [5.74, 6) is 1.21. The molecule has 2 aliphatic rings. The van der Waals surface area contributed by atoms with Gasteiger partial charge in [-0.25, -0.2) is 0 Å². The summed E-state index contributed by atoms with van der Waals surface area (Å²) in [6.07, 6.45) is 0. The minimum atomic E-state index is -0.260. The van der Waals surface area contributed by atoms with Gasteiger partial charge in [-0.3, -0.25) is 19.4 Å². The first-order valence-corrected chi connectivity index (χ1v) is 11.7. The van der Waals surface area contributed by atoms with Gasteiger partial charge in [0.1, 0.15) is 0 Å². The Hall–Kier alpha value is -3.88. The lowest BCUT2D eigenvalue weighted by Gasteiger charge is -2.34. The molecule has 0 radical (unpaired) electrons. The lowest BCUT2D eigenvalue weighted by Crippen LogP contribution is -2.48. The third-order valence-electron chi connectivity index (χ3n) is 6.15. The average Bonchev–Trinajstić information content (AvgIpc) is 3.34. The lowest BCUT2D eigenvalue weighted by atomic mass is 10.1. The van der Waals surface area contributed by atoms with E-state index in [1.54, 1.807) is 18.2 Å². The van der Waals surface area contributed by atoms with Crippen LogP contribution in [0.2, 0.25) is 0 Å². The highest BCUT2D eigenvalue weighted by Crippen LogP contribution is 2.32. The van der Waals surface area contributed by atoms with E-state index in [-0.39, 0.29) is 25.2 Å². The van der Waals surface area contributed by atoms with E-state index in [1.165, 1.54) is 5.56 Å². The summed E-state index contributed by atoms with van der Waals surface area (Å²) < 4.78 is 10.9. The van der Waals surface area contributed by atoms with Crippen molar-refractivity contribution in [1.29, 1.82) is 0 Å². The first-order valence-electron chi connectivity index (χ1n) is 11.7. The highest BCUT2D eigenvalue weighted by Gasteiger charge is 2.21. The van der Waals surface area contributed by atoms with E-state index in [2.05, 4.69) is 26.5 Å². The van der Waals surface area contributed by atoms with Gasteiger partial charge < -0.3 is 20.1 Å². The van der Waals surface area contributed by atoms with E-state index in [1.807, 2.05) is 48.5 Å². The third-order valence-corrected chi connectivity index (χ3v) is 6.15. The molecule has 8 heteroatoms. The van der Waals surface area contributed by atoms with Crippen LogP contribution < -0.4 is 20.1 Å². The predicted molar refractivity (Wildman–Crippen MR) is 134 cm³/mol. The molecule has 2 amide bonds. The normalized spacial score (nSPS) is 15.5. The molecule has 8 nitrogen and oxygen atoms in total. The van der Waals surface area contributed by atoms with E-state index >= 15 is 0 Å². The topological polar surface area (TPSA) is 83.1 Å². The van der Waals surface area contributed by atoms with Gasteiger partial charge in [-0.1, -0.05) is 36.4 Å². The van der Waals surface area contributed by atoms with Crippen LogP contribution >= 0.6 is 0 Å². The van der Waals surface area contributed by atoms with Gasteiger partial charge in [-0.15, -0.1) is 0 Å². The second-order valence-electron chi connectivity index (χ2n) is 8.65. The van der Waals surface area contributed by atoms with Gasteiger partial charge >= 0.3 is 0 Å². The number of ether oxygens (including phenoxy) is 2. The van der Waals surface area contributed by atoms with Crippen molar-refractivity contribution in [3.8, 4) is 11.5 Å². The first kappa shape index (κ1) is 22.9. The fourth-order valence-electron chi connectivity index (χ4n) is 4.31. The molecule has 0 saturated carbocycles. The van der Waals surface area contributed by atoms with Gasteiger partial charge in [0.05, 0.1) is 17.8 Å². The predicted octanol–water partition coefficient (Wildman–Crippen LogP) is 3.42. The average molecular weight is 473 g/mol. The van der Waals surface area contributed by atoms with Gasteiger partial charge in [0.15, 0.2) is 11.5 Å². The molecule has 0 unspecified atom stereocenters. The summed E-state index contributed by atoms with van der Waals surface area (Å²) in [5.41, 5.74) is 2.83. The third kappa shape index (κ3) is 5.79. The van der Waals surface area contributed by atoms with Crippen molar-refractivity contribution in [3.05, 3.63) is 83.9 Å². The monoisotopic (exact) mass is 472 g/mol. The maximum Gasteiger partial charge on any atom is 0.257 e. The van der Waals surface area contributed by atoms with Crippen LogP contribution in [0.5, 0.6) is 11.5 Å². The molecule has 180 valence electrons. The number of carbonyl (C=O) groups is 2. The van der Waals surface area contributed by atoms with Crippen LogP contribution in [0.3, 0.4) is 0 Å². The Morgan fingerprint density at radius 1 is 0.771 bits per heavy atom. The van der Waals surface area contributed by atoms with E-state index in [0.29, 0.717) is 16.9 Å². The number of nitrogens with zero attached hydrogens (tertiary/aromatic N) is 2. The summed E-state index contributed by atoms with van der Waals surface area (Å²) in [6.45, 7) is 4.74. The number of fused-ring (bicyclic) bond motifs is 1. The molecule has 2 heterocycles. The Morgan fingerprint density at radius 3 is 2.31 bits per heavy atom. The lowest BCUT2D eigenvalue weighted by molar-refractivity contribution is -0.117. The molecule has 2 aliphatic heterocycles. The van der Waals surface area contributed by atoms with Gasteiger partial charge in [0, 0.05) is 38.4 Å². The zero-order valence-corrected chi connectivity index (χ0v) is 19.4. The molecule has 0 atom stereocenters. The molecule has 3 aromatic carbocycles. The minimum absolute atomic E-state index is 0.130. The molecule has 2 N–H and O–H groups in total. The second-order valence-corrected chi connectivity index (χ2v) is 8.65. The zero-order chi connectivity index (χ0) is 24.0. The summed E-state index contributed by atoms with van der Waals surface area (Å²) >= 11 is 0. The summed E-state index contributed by atoms with van der Waals surface area (Å²) in [4.78, 5) is 30.0. The number of nitrogens with one attached hydrogen (secondary N) is 2. The highest BCUT2D eigenvalue weighted by molar-refractivity contribution is 6.10. The summed E-state index contributed by atoms with van der Waals surface area (Å²) in [6, 6.07) is 22.4. The number of para-hydroxylation sites is 2. The number of benzene rings is 3. The maximum atomic E-state index is 12.8. The number of hydrogen-bond acceptors (Lipinski definition) is 6. The number of rotatable bonds is 7. The number of hydrogen-bond donors (Lipinski definition) is 2. The Bertz CT molecular complexity index is 1190. The van der Waals surface area contributed by atoms with Crippen LogP contribution in [0.25, 0.3) is 0 Å². The fourth-order valence-corrected chi connectivity index (χ4v) is 4.31. The van der Waals surface area contributed by atoms with E-state index in [0.717, 1.165) is 44.2 Å². The summed E-state index contributed by atoms with van der Waals surface area (Å²) in [5, 5.41) is 5.79. The standard InChI is InChI=1S/C27H28N4O4/c32-26(29-23-9-5-4-8-22(23)27(33)28-21-6-2-1-3-7-21)18-31-14-12-30(13-15-31)17-20-10-11-24-25(16-20)35-19-34-24/h1-11,16H,12-15,17-19H2,(H,28,33)(H,29,32). The SMILES string of the molecule is O=C(CN1CCN(Cc2ccc3c(c2)OCO3)CC1)Nc1ccccc1C(=O)Nc1ccccc1. The highest BCUT2D eigenvalue weighted by atomic mass is 16.7. The van der Waals surface area contributed by atoms with Gasteiger partial charge in [-0.2, -0.15) is 0 Å². The number of anilines is 2. The van der Waals surface area contributed by atoms with E-state index < -0.39 is 0 Å². The van der Waals surface area contributed by atoms with Crippen molar-refractivity contribution in [1.82, 2.24) is 9.80 Å². The molecule has 3 aromatic rings. The van der Waals surface area contributed by atoms with Crippen molar-refractivity contribution in [2.75, 3.05) is 50.2 Å². The molecule has 0 bridgehead atoms. The quantitative estimate of drug-likeness (QED) is 0.548. The minimum Gasteiger partial charge on any atom is -0.454 e. The van der Waals surface area contributed by atoms with E-state index in [9.17, 15) is 9.59 Å². The maximum absolute atomic E-state index is 12.8. The van der Waals surface area contributed by atoms with E-state index in [4.69, 9.17) is 9.47 Å². The molecule has 0 spiro atoms. The number of carbonyl (C=O) groups excluding carboxylic acids is 2. The molecule has 1 saturated heterocycles. The molecule has 35 heavy (non-hydrogen) atoms. The zero-order valence-electron chi connectivity index (χ0n) is 19.4. The van der Waals surface area contributed by atoms with Crippen molar-refractivity contribution in [2.24, 2.45) is 0 Å². The van der Waals surface area contributed by atoms with Crippen LogP contribution in [0.15, 0.2) is 72.8 Å². The Kier molecular flexibility index (Phi) is 6.92. The van der Waals surface area contributed by atoms with Gasteiger partial charge in [0.2, 0.25) is 12.7 Å². The second kappa shape index (κ2) is 10.6. The molecule has 5 rings (SSSR count). The van der Waals surface area contributed by atoms with Gasteiger partial charge in [0.25, 0.3) is 5.91 Å². The Balaban J connectivity index is 1.11. The largest absolute Gasteiger partial charge is 0.454 e. The van der Waals surface area contributed by atoms with Crippen LogP contribution in [-0.2, 0) is 11.3 Å². The Labute approximate surface area is 204 Å². The number of piperazine rings is 1. The van der Waals surface area contributed by atoms with Crippen LogP contribution in [0.4, 0.5) is 11.4 Å². The van der Waals surface area contributed by atoms with Gasteiger partial charge in [-0.05, 0) is 42.0 Å². The first-order chi connectivity index (χ1) is 17.1. The van der Waals surface area contributed by atoms with Crippen LogP contribution in [0.1, 0.15) is 15.9 Å². The van der Waals surface area contributed by atoms with Crippen molar-refractivity contribution >= 4 is 23.2 Å². The van der Waals surface area contributed by atoms with Crippen molar-refractivity contribution < 1.29 is 19.1 Å². The molecule has 0 aliphatic carbocycles. The van der Waals surface area contributed by atoms with Crippen LogP contribution in [-0.4, -0.2) is 61.1 Å². The Morgan fingerprint density at radius 2 is 1.49 bits per heavy atom. The van der Waals surface area contributed by atoms with Crippen LogP contribution in [0, 0.1) is 0 Å².